The molecule has 0 aromatic heterocycles. The van der Waals surface area contributed by atoms with Crippen LogP contribution in [0.1, 0.15) is 18.4 Å². The van der Waals surface area contributed by atoms with Crippen LogP contribution in [0.25, 0.3) is 0 Å². The van der Waals surface area contributed by atoms with E-state index in [-0.39, 0.29) is 5.91 Å². The number of primary amides is 2. The van der Waals surface area contributed by atoms with E-state index in [4.69, 9.17) is 11.5 Å². The van der Waals surface area contributed by atoms with E-state index in [1.54, 1.807) is 0 Å². The summed E-state index contributed by atoms with van der Waals surface area (Å²) in [6, 6.07) is 8.56. The molecule has 1 aromatic carbocycles. The molecule has 1 heterocycles. The minimum absolute atomic E-state index is 0.293. The largest absolute Gasteiger partial charge is 0.369 e. The minimum Gasteiger partial charge on any atom is -0.369 e. The zero-order valence-electron chi connectivity index (χ0n) is 12.3. The number of carbonyl (C=O) groups is 3. The van der Waals surface area contributed by atoms with Gasteiger partial charge in [-0.3, -0.25) is 14.4 Å². The van der Waals surface area contributed by atoms with Crippen molar-refractivity contribution in [1.29, 1.82) is 0 Å². The Bertz CT molecular complexity index is 559. The zero-order chi connectivity index (χ0) is 16.1. The number of rotatable bonds is 5. The number of hydrogen-bond acceptors (Lipinski definition) is 3. The maximum Gasteiger partial charge on any atom is 0.241 e. The molecule has 22 heavy (non-hydrogen) atoms. The van der Waals surface area contributed by atoms with E-state index in [1.165, 1.54) is 11.3 Å². The summed E-state index contributed by atoms with van der Waals surface area (Å²) in [5.41, 5.74) is 11.7. The summed E-state index contributed by atoms with van der Waals surface area (Å²) < 4.78 is 0. The van der Waals surface area contributed by atoms with Crippen LogP contribution in [0.15, 0.2) is 30.3 Å². The second-order valence-corrected chi connectivity index (χ2v) is 5.42. The van der Waals surface area contributed by atoms with Crippen molar-refractivity contribution in [3.63, 3.8) is 0 Å². The van der Waals surface area contributed by atoms with Gasteiger partial charge in [-0.25, -0.2) is 0 Å². The molecular weight excluding hydrogens is 282 g/mol. The van der Waals surface area contributed by atoms with E-state index >= 15 is 0 Å². The molecule has 0 bridgehead atoms. The van der Waals surface area contributed by atoms with Crippen LogP contribution in [0.5, 0.6) is 0 Å². The van der Waals surface area contributed by atoms with E-state index in [1.807, 2.05) is 30.3 Å². The predicted octanol–water partition coefficient (Wildman–Crippen LogP) is 0.0112. The van der Waals surface area contributed by atoms with Crippen molar-refractivity contribution in [2.45, 2.75) is 25.3 Å². The lowest BCUT2D eigenvalue weighted by atomic mass is 9.87. The van der Waals surface area contributed by atoms with Crippen molar-refractivity contribution in [1.82, 2.24) is 4.90 Å². The molecule has 1 radical (unpaired) electrons. The topological polar surface area (TPSA) is 106 Å². The summed E-state index contributed by atoms with van der Waals surface area (Å²) >= 11 is 0. The number of nitrogens with zero attached hydrogens (tertiary/aromatic N) is 1. The molecule has 3 amide bonds. The normalized spacial score (nSPS) is 21.4. The van der Waals surface area contributed by atoms with Gasteiger partial charge in [-0.1, -0.05) is 30.3 Å². The Balaban J connectivity index is 2.06. The zero-order valence-corrected chi connectivity index (χ0v) is 12.3. The number of amides is 3. The average molecular weight is 302 g/mol. The maximum atomic E-state index is 12.4. The average Bonchev–Trinajstić information content (AvgIpc) is 2.52. The first-order chi connectivity index (χ1) is 10.5. The quantitative estimate of drug-likeness (QED) is 0.800. The molecule has 0 saturated carbocycles. The highest BCUT2D eigenvalue weighted by Crippen LogP contribution is 2.24. The van der Waals surface area contributed by atoms with Crippen molar-refractivity contribution in [3.8, 4) is 0 Å². The van der Waals surface area contributed by atoms with Crippen LogP contribution in [-0.2, 0) is 20.8 Å². The molecule has 2 atom stereocenters. The van der Waals surface area contributed by atoms with Gasteiger partial charge in [-0.15, -0.1) is 0 Å². The fourth-order valence-corrected chi connectivity index (χ4v) is 2.83. The van der Waals surface area contributed by atoms with Gasteiger partial charge in [0, 0.05) is 6.54 Å². The van der Waals surface area contributed by atoms with E-state index < -0.39 is 23.8 Å². The lowest BCUT2D eigenvalue weighted by Crippen LogP contribution is -2.57. The van der Waals surface area contributed by atoms with Gasteiger partial charge in [-0.2, -0.15) is 0 Å². The molecule has 6 heteroatoms. The molecule has 0 spiro atoms. The van der Waals surface area contributed by atoms with Gasteiger partial charge in [0.2, 0.25) is 17.7 Å². The van der Waals surface area contributed by atoms with Crippen LogP contribution in [-0.4, -0.2) is 35.2 Å². The Morgan fingerprint density at radius 1 is 1.14 bits per heavy atom. The number of benzene rings is 1. The van der Waals surface area contributed by atoms with Gasteiger partial charge in [0.1, 0.15) is 6.04 Å². The highest BCUT2D eigenvalue weighted by atomic mass is 16.2. The second-order valence-electron chi connectivity index (χ2n) is 5.42. The molecule has 1 fully saturated rings. The highest BCUT2D eigenvalue weighted by Gasteiger charge is 2.40. The molecule has 117 valence electrons. The maximum absolute atomic E-state index is 12.4. The third-order valence-corrected chi connectivity index (χ3v) is 3.93. The number of piperidine rings is 1. The standard InChI is InChI=1S/C16H20N3O3/c17-15(21)12-7-4-10-19(14(12)16(18)22)13(20)9-8-11-5-2-1-3-6-11/h1-3,5-6,9,12,14H,4,7-8,10H2,(H2,17,21)(H2,18,22). The Kier molecular flexibility index (Phi) is 5.14. The van der Waals surface area contributed by atoms with Gasteiger partial charge in [0.15, 0.2) is 0 Å². The summed E-state index contributed by atoms with van der Waals surface area (Å²) in [5, 5.41) is 0. The SMILES string of the molecule is NC(=O)C1CCCN(C(=O)[CH]Cc2ccccc2)C1C(N)=O. The Hall–Kier alpha value is -2.37. The first-order valence-corrected chi connectivity index (χ1v) is 7.27. The third kappa shape index (κ3) is 3.63. The van der Waals surface area contributed by atoms with Crippen molar-refractivity contribution in [2.75, 3.05) is 6.54 Å². The van der Waals surface area contributed by atoms with E-state index in [0.29, 0.717) is 25.8 Å². The van der Waals surface area contributed by atoms with E-state index in [2.05, 4.69) is 0 Å². The third-order valence-electron chi connectivity index (χ3n) is 3.93. The van der Waals surface area contributed by atoms with E-state index in [0.717, 1.165) is 5.56 Å². The Labute approximate surface area is 129 Å². The Morgan fingerprint density at radius 2 is 1.82 bits per heavy atom. The van der Waals surface area contributed by atoms with E-state index in [9.17, 15) is 14.4 Å². The summed E-state index contributed by atoms with van der Waals surface area (Å²) in [6.45, 7) is 0.404. The lowest BCUT2D eigenvalue weighted by Gasteiger charge is -2.38. The summed E-state index contributed by atoms with van der Waals surface area (Å²) in [6.07, 6.45) is 3.07. The van der Waals surface area contributed by atoms with Crippen LogP contribution in [0.3, 0.4) is 0 Å². The van der Waals surface area contributed by atoms with Crippen LogP contribution < -0.4 is 11.5 Å². The van der Waals surface area contributed by atoms with Crippen LogP contribution in [0.4, 0.5) is 0 Å². The number of hydrogen-bond donors (Lipinski definition) is 2. The van der Waals surface area contributed by atoms with Gasteiger partial charge < -0.3 is 16.4 Å². The number of carbonyl (C=O) groups excluding carboxylic acids is 3. The van der Waals surface area contributed by atoms with Crippen molar-refractivity contribution >= 4 is 17.7 Å². The molecule has 1 aromatic rings. The van der Waals surface area contributed by atoms with Crippen molar-refractivity contribution in [3.05, 3.63) is 42.3 Å². The van der Waals surface area contributed by atoms with Crippen LogP contribution in [0.2, 0.25) is 0 Å². The molecule has 6 nitrogen and oxygen atoms in total. The number of nitrogens with two attached hydrogens (primary N) is 2. The minimum atomic E-state index is -0.953. The first-order valence-electron chi connectivity index (χ1n) is 7.27. The van der Waals surface area contributed by atoms with Gasteiger partial charge in [0.25, 0.3) is 0 Å². The fourth-order valence-electron chi connectivity index (χ4n) is 2.83. The van der Waals surface area contributed by atoms with Gasteiger partial charge in [0.05, 0.1) is 12.3 Å². The molecule has 1 aliphatic rings. The molecule has 1 saturated heterocycles. The molecule has 2 rings (SSSR count). The summed E-state index contributed by atoms with van der Waals surface area (Å²) in [7, 11) is 0. The summed E-state index contributed by atoms with van der Waals surface area (Å²) in [4.78, 5) is 36.9. The van der Waals surface area contributed by atoms with Crippen molar-refractivity contribution < 1.29 is 14.4 Å². The molecule has 4 N–H and O–H groups in total. The first kappa shape index (κ1) is 16.0. The Morgan fingerprint density at radius 3 is 2.41 bits per heavy atom. The second kappa shape index (κ2) is 7.06. The fraction of sp³-hybridized carbons (Fsp3) is 0.375. The van der Waals surface area contributed by atoms with Crippen LogP contribution in [0, 0.1) is 12.3 Å². The molecular formula is C16H20N3O3. The number of likely N-dealkylation sites (tertiary alicyclic amines) is 1. The smallest absolute Gasteiger partial charge is 0.241 e. The van der Waals surface area contributed by atoms with Crippen molar-refractivity contribution in [2.24, 2.45) is 17.4 Å². The molecule has 2 unspecified atom stereocenters. The monoisotopic (exact) mass is 302 g/mol. The highest BCUT2D eigenvalue weighted by molar-refractivity contribution is 5.94. The molecule has 0 aliphatic carbocycles. The molecule has 1 aliphatic heterocycles. The summed E-state index contributed by atoms with van der Waals surface area (Å²) in [5.74, 6) is -2.28. The lowest BCUT2D eigenvalue weighted by molar-refractivity contribution is -0.144. The van der Waals surface area contributed by atoms with Gasteiger partial charge in [-0.05, 0) is 24.8 Å². The van der Waals surface area contributed by atoms with Gasteiger partial charge >= 0.3 is 0 Å². The van der Waals surface area contributed by atoms with Crippen LogP contribution >= 0.6 is 0 Å². The predicted molar refractivity (Wildman–Crippen MR) is 81.1 cm³/mol.